The molecule has 0 N–H and O–H groups in total. The van der Waals surface area contributed by atoms with Crippen LogP contribution in [0.25, 0.3) is 0 Å². The molecule has 0 aromatic heterocycles. The lowest BCUT2D eigenvalue weighted by Gasteiger charge is -2.28. The van der Waals surface area contributed by atoms with E-state index in [0.717, 1.165) is 0 Å². The normalized spacial score (nSPS) is 33.9. The molecule has 1 rings (SSSR count). The molecule has 1 heterocycles. The van der Waals surface area contributed by atoms with E-state index in [-0.39, 0.29) is 0 Å². The molecule has 0 unspecified atom stereocenters. The summed E-state index contributed by atoms with van der Waals surface area (Å²) in [6, 6.07) is 0. The second-order valence-corrected chi connectivity index (χ2v) is 7.04. The van der Waals surface area contributed by atoms with Crippen molar-refractivity contribution in [1.82, 2.24) is 0 Å². The van der Waals surface area contributed by atoms with Gasteiger partial charge >= 0.3 is 9.28 Å². The van der Waals surface area contributed by atoms with Crippen LogP contribution in [0.5, 0.6) is 0 Å². The van der Waals surface area contributed by atoms with Crippen molar-refractivity contribution in [3.8, 4) is 0 Å². The summed E-state index contributed by atoms with van der Waals surface area (Å²) in [7, 11) is -1.44. The highest BCUT2D eigenvalue weighted by molar-refractivity contribution is 6.65. The highest BCUT2D eigenvalue weighted by Gasteiger charge is 2.25. The Bertz CT molecular complexity index is 62.0. The lowest BCUT2D eigenvalue weighted by atomic mass is 10.6. The summed E-state index contributed by atoms with van der Waals surface area (Å²) in [5.41, 5.74) is 0.682. The minimum Gasteiger partial charge on any atom is -0.422 e. The van der Waals surface area contributed by atoms with E-state index in [9.17, 15) is 0 Å². The molecule has 1 saturated heterocycles. The number of rotatable bonds is 1. The second kappa shape index (κ2) is 2.08. The lowest BCUT2D eigenvalue weighted by molar-refractivity contribution is 0.301. The first-order valence-electron chi connectivity index (χ1n) is 2.54. The largest absolute Gasteiger partial charge is 0.422 e. The first kappa shape index (κ1) is 5.49. The van der Waals surface area contributed by atoms with Crippen LogP contribution in [0.1, 0.15) is 13.8 Å². The fourth-order valence-corrected chi connectivity index (χ4v) is 4.78. The SMILES string of the molecule is CC(C)[SiH]1O[SiH2]O1. The highest BCUT2D eigenvalue weighted by atomic mass is 28.4. The van der Waals surface area contributed by atoms with E-state index < -0.39 is 19.3 Å². The van der Waals surface area contributed by atoms with Crippen LogP contribution >= 0.6 is 0 Å². The Balaban J connectivity index is 2.14. The summed E-state index contributed by atoms with van der Waals surface area (Å²) < 4.78 is 10.5. The molecule has 0 spiro atoms. The lowest BCUT2D eigenvalue weighted by Crippen LogP contribution is -2.41. The molecular weight excluding hydrogens is 124 g/mol. The van der Waals surface area contributed by atoms with Crippen molar-refractivity contribution >= 4 is 19.3 Å². The van der Waals surface area contributed by atoms with Gasteiger partial charge in [-0.2, -0.15) is 0 Å². The molecule has 1 aliphatic rings. The molecule has 0 aromatic rings. The summed E-state index contributed by atoms with van der Waals surface area (Å²) in [6.45, 7) is 4.31. The molecule has 1 aliphatic heterocycles. The maximum absolute atomic E-state index is 5.25. The van der Waals surface area contributed by atoms with Crippen molar-refractivity contribution in [1.29, 1.82) is 0 Å². The zero-order valence-electron chi connectivity index (χ0n) is 4.68. The Morgan fingerprint density at radius 1 is 1.43 bits per heavy atom. The molecule has 0 radical (unpaired) electrons. The average molecular weight is 134 g/mol. The molecule has 42 valence electrons. The van der Waals surface area contributed by atoms with Gasteiger partial charge in [-0.05, 0) is 5.54 Å². The van der Waals surface area contributed by atoms with Crippen LogP contribution in [0, 0.1) is 0 Å². The third kappa shape index (κ3) is 1.12. The summed E-state index contributed by atoms with van der Waals surface area (Å²) in [5.74, 6) is 0. The molecule has 0 aliphatic carbocycles. The van der Waals surface area contributed by atoms with Crippen LogP contribution in [-0.4, -0.2) is 19.3 Å². The molecule has 2 nitrogen and oxygen atoms in total. The Morgan fingerprint density at radius 2 is 2.00 bits per heavy atom. The van der Waals surface area contributed by atoms with Gasteiger partial charge in [0.1, 0.15) is 0 Å². The minimum atomic E-state index is -1.01. The molecule has 0 bridgehead atoms. The van der Waals surface area contributed by atoms with Crippen molar-refractivity contribution < 1.29 is 8.23 Å². The number of hydrogen-bond donors (Lipinski definition) is 0. The van der Waals surface area contributed by atoms with Crippen LogP contribution in [0.2, 0.25) is 5.54 Å². The zero-order valence-corrected chi connectivity index (χ0v) is 7.25. The van der Waals surface area contributed by atoms with E-state index in [4.69, 9.17) is 8.23 Å². The molecular formula is C3H10O2Si2. The fourth-order valence-electron chi connectivity index (χ4n) is 0.532. The van der Waals surface area contributed by atoms with Crippen molar-refractivity contribution in [3.63, 3.8) is 0 Å². The standard InChI is InChI=1S/C3H10O2Si2/c1-3(2)7-4-6-5-7/h3,7H,6H2,1-2H3. The molecule has 7 heavy (non-hydrogen) atoms. The monoisotopic (exact) mass is 134 g/mol. The van der Waals surface area contributed by atoms with Gasteiger partial charge in [0.05, 0.1) is 0 Å². The quantitative estimate of drug-likeness (QED) is 0.457. The first-order chi connectivity index (χ1) is 3.30. The summed E-state index contributed by atoms with van der Waals surface area (Å²) in [5, 5.41) is 0. The van der Waals surface area contributed by atoms with Gasteiger partial charge in [0, 0.05) is 0 Å². The molecule has 0 saturated carbocycles. The van der Waals surface area contributed by atoms with Gasteiger partial charge in [-0.3, -0.25) is 0 Å². The minimum absolute atomic E-state index is 0.424. The van der Waals surface area contributed by atoms with Gasteiger partial charge in [-0.15, -0.1) is 0 Å². The van der Waals surface area contributed by atoms with E-state index in [1.165, 1.54) is 0 Å². The van der Waals surface area contributed by atoms with E-state index in [1.54, 1.807) is 0 Å². The van der Waals surface area contributed by atoms with Crippen LogP contribution in [0.4, 0.5) is 0 Å². The van der Waals surface area contributed by atoms with E-state index in [0.29, 0.717) is 5.54 Å². The topological polar surface area (TPSA) is 18.5 Å². The predicted molar refractivity (Wildman–Crippen MR) is 33.0 cm³/mol. The van der Waals surface area contributed by atoms with E-state index >= 15 is 0 Å². The Hall–Kier alpha value is 0.354. The molecule has 4 heteroatoms. The third-order valence-corrected chi connectivity index (χ3v) is 5.81. The van der Waals surface area contributed by atoms with Crippen molar-refractivity contribution in [2.45, 2.75) is 19.4 Å². The van der Waals surface area contributed by atoms with Gasteiger partial charge < -0.3 is 8.23 Å². The van der Waals surface area contributed by atoms with E-state index in [2.05, 4.69) is 13.8 Å². The Morgan fingerprint density at radius 3 is 2.00 bits per heavy atom. The van der Waals surface area contributed by atoms with Gasteiger partial charge in [0.15, 0.2) is 0 Å². The summed E-state index contributed by atoms with van der Waals surface area (Å²) in [4.78, 5) is 0. The van der Waals surface area contributed by atoms with Crippen LogP contribution in [0.15, 0.2) is 0 Å². The van der Waals surface area contributed by atoms with Gasteiger partial charge in [-0.1, -0.05) is 13.8 Å². The zero-order chi connectivity index (χ0) is 5.28. The predicted octanol–water partition coefficient (Wildman–Crippen LogP) is -0.338. The fraction of sp³-hybridized carbons (Fsp3) is 1.00. The summed E-state index contributed by atoms with van der Waals surface area (Å²) in [6.07, 6.45) is 0. The Labute approximate surface area is 47.7 Å². The van der Waals surface area contributed by atoms with Gasteiger partial charge in [-0.25, -0.2) is 0 Å². The van der Waals surface area contributed by atoms with E-state index in [1.807, 2.05) is 0 Å². The van der Waals surface area contributed by atoms with Crippen LogP contribution < -0.4 is 0 Å². The second-order valence-electron chi connectivity index (χ2n) is 2.06. The van der Waals surface area contributed by atoms with Crippen molar-refractivity contribution in [2.24, 2.45) is 0 Å². The molecule has 0 atom stereocenters. The highest BCUT2D eigenvalue weighted by Crippen LogP contribution is 2.14. The van der Waals surface area contributed by atoms with Gasteiger partial charge in [0.2, 0.25) is 0 Å². The van der Waals surface area contributed by atoms with Crippen molar-refractivity contribution in [3.05, 3.63) is 0 Å². The third-order valence-electron chi connectivity index (χ3n) is 1.01. The summed E-state index contributed by atoms with van der Waals surface area (Å²) >= 11 is 0. The average Bonchev–Trinajstić information content (AvgIpc) is 1.23. The molecule has 0 amide bonds. The van der Waals surface area contributed by atoms with Crippen LogP contribution in [-0.2, 0) is 8.23 Å². The first-order valence-corrected chi connectivity index (χ1v) is 5.30. The maximum atomic E-state index is 5.25. The van der Waals surface area contributed by atoms with Crippen molar-refractivity contribution in [2.75, 3.05) is 0 Å². The molecule has 0 aromatic carbocycles. The Kier molecular flexibility index (Phi) is 1.63. The van der Waals surface area contributed by atoms with Gasteiger partial charge in [0.25, 0.3) is 10.0 Å². The smallest absolute Gasteiger partial charge is 0.305 e. The molecule has 1 fully saturated rings. The number of hydrogen-bond acceptors (Lipinski definition) is 2. The van der Waals surface area contributed by atoms with Crippen LogP contribution in [0.3, 0.4) is 0 Å². The maximum Gasteiger partial charge on any atom is 0.305 e.